The highest BCUT2D eigenvalue weighted by molar-refractivity contribution is 6.23. The molecule has 0 aliphatic rings. The molecule has 0 saturated heterocycles. The van der Waals surface area contributed by atoms with E-state index in [1.54, 1.807) is 0 Å². The third-order valence-corrected chi connectivity index (χ3v) is 21.3. The van der Waals surface area contributed by atoms with E-state index >= 15 is 0 Å². The van der Waals surface area contributed by atoms with Crippen LogP contribution in [0.4, 0.5) is 34.1 Å². The van der Waals surface area contributed by atoms with E-state index in [1.165, 1.54) is 126 Å². The van der Waals surface area contributed by atoms with Crippen LogP contribution in [0.15, 0.2) is 417 Å². The van der Waals surface area contributed by atoms with Crippen molar-refractivity contribution in [1.82, 2.24) is 9.13 Å². The minimum atomic E-state index is 0.868. The Morgan fingerprint density at radius 3 is 1.21 bits per heavy atom. The van der Waals surface area contributed by atoms with Crippen LogP contribution in [0, 0.1) is 0 Å². The lowest BCUT2D eigenvalue weighted by Gasteiger charge is -2.26. The van der Waals surface area contributed by atoms with Crippen LogP contribution in [0.3, 0.4) is 0 Å². The molecule has 18 aromatic carbocycles. The summed E-state index contributed by atoms with van der Waals surface area (Å²) in [5.41, 5.74) is 25.0. The number of hydrogen-bond donors (Lipinski definition) is 0. The van der Waals surface area contributed by atoms with Gasteiger partial charge in [-0.1, -0.05) is 285 Å². The van der Waals surface area contributed by atoms with Crippen LogP contribution in [0.2, 0.25) is 0 Å². The molecule has 0 amide bonds. The second kappa shape index (κ2) is 26.5. The minimum Gasteiger partial charge on any atom is -0.456 e. The topological polar surface area (TPSA) is 29.5 Å². The number of anilines is 6. The van der Waals surface area contributed by atoms with Crippen molar-refractivity contribution in [1.29, 1.82) is 0 Å². The molecule has 0 spiro atoms. The fraction of sp³-hybridized carbons (Fsp3) is 0. The number of aromatic nitrogens is 2. The summed E-state index contributed by atoms with van der Waals surface area (Å²) in [7, 11) is 0. The van der Waals surface area contributed by atoms with Gasteiger partial charge in [0.25, 0.3) is 0 Å². The average molecular weight is 1370 g/mol. The average Bonchev–Trinajstić information content (AvgIpc) is 1.59. The summed E-state index contributed by atoms with van der Waals surface area (Å²) in [6.07, 6.45) is 0. The molecule has 0 N–H and O–H groups in total. The Morgan fingerprint density at radius 1 is 0.196 bits per heavy atom. The van der Waals surface area contributed by atoms with Crippen molar-refractivity contribution in [3.05, 3.63) is 413 Å². The fourth-order valence-electron chi connectivity index (χ4n) is 16.3. The molecule has 0 bridgehead atoms. The molecule has 5 heteroatoms. The predicted octanol–water partition coefficient (Wildman–Crippen LogP) is 28.5. The quantitative estimate of drug-likeness (QED) is 0.122. The van der Waals surface area contributed by atoms with Crippen LogP contribution in [0.1, 0.15) is 0 Å². The molecule has 107 heavy (non-hydrogen) atoms. The summed E-state index contributed by atoms with van der Waals surface area (Å²) in [6, 6.07) is 149. The summed E-state index contributed by atoms with van der Waals surface area (Å²) < 4.78 is 11.3. The van der Waals surface area contributed by atoms with Gasteiger partial charge in [0.1, 0.15) is 11.2 Å². The van der Waals surface area contributed by atoms with Crippen molar-refractivity contribution >= 4 is 132 Å². The first-order valence-corrected chi connectivity index (χ1v) is 36.6. The van der Waals surface area contributed by atoms with E-state index in [-0.39, 0.29) is 0 Å². The lowest BCUT2D eigenvalue weighted by Crippen LogP contribution is -2.09. The zero-order chi connectivity index (χ0) is 70.7. The molecule has 3 aromatic heterocycles. The Kier molecular flexibility index (Phi) is 15.5. The smallest absolute Gasteiger partial charge is 0.137 e. The lowest BCUT2D eigenvalue weighted by molar-refractivity contribution is 0.669. The maximum absolute atomic E-state index is 6.42. The van der Waals surface area contributed by atoms with E-state index < -0.39 is 0 Å². The van der Waals surface area contributed by atoms with Gasteiger partial charge in [0.2, 0.25) is 0 Å². The predicted molar refractivity (Wildman–Crippen MR) is 452 cm³/mol. The van der Waals surface area contributed by atoms with Gasteiger partial charge in [0.05, 0.1) is 27.8 Å². The lowest BCUT2D eigenvalue weighted by atomic mass is 10.0. The highest BCUT2D eigenvalue weighted by atomic mass is 16.3. The van der Waals surface area contributed by atoms with Crippen LogP contribution in [-0.2, 0) is 0 Å². The van der Waals surface area contributed by atoms with Crippen molar-refractivity contribution in [2.24, 2.45) is 0 Å². The standard InChI is InChI=1S/C52H34N2O.C50H34N2/c1-3-13-35(14-4-1)36-23-27-39(28-24-36)53(41-30-31-44-43-18-9-12-22-50(43)55-51(44)34-41)40-29-25-38-26-32-49-52(46(38)33-40)45-19-8-11-21-48(45)54(49)47-20-10-7-17-42(47)37-15-5-2-6-16-37;1-3-11-35(12-4-1)38-19-25-42(26-20-38)51(43-27-21-39(22-28-43)36-13-5-2-6-14-36)44-30-31-46-41(34-44)24-32-49-50(46)47-17-9-10-18-48(47)52(49)45-29-23-37-15-7-8-16-40(37)33-45/h1-34H;1-34H. The highest BCUT2D eigenvalue weighted by Gasteiger charge is 2.23. The van der Waals surface area contributed by atoms with Gasteiger partial charge in [-0.3, -0.25) is 0 Å². The van der Waals surface area contributed by atoms with Crippen LogP contribution in [0.25, 0.3) is 154 Å². The Labute approximate surface area is 619 Å². The Morgan fingerprint density at radius 2 is 0.598 bits per heavy atom. The number of benzene rings is 18. The second-order valence-corrected chi connectivity index (χ2v) is 27.5. The molecular weight excluding hydrogens is 1300 g/mol. The Hall–Kier alpha value is -14.3. The summed E-state index contributed by atoms with van der Waals surface area (Å²) in [5, 5.41) is 14.6. The molecular formula is C102H68N4O. The van der Waals surface area contributed by atoms with Crippen molar-refractivity contribution in [3.8, 4) is 55.9 Å². The van der Waals surface area contributed by atoms with Gasteiger partial charge in [-0.25, -0.2) is 0 Å². The summed E-state index contributed by atoms with van der Waals surface area (Å²) >= 11 is 0. The maximum Gasteiger partial charge on any atom is 0.137 e. The summed E-state index contributed by atoms with van der Waals surface area (Å²) in [5.74, 6) is 0. The maximum atomic E-state index is 6.42. The Bertz CT molecular complexity index is 6820. The molecule has 0 unspecified atom stereocenters. The normalized spacial score (nSPS) is 11.6. The van der Waals surface area contributed by atoms with Crippen LogP contribution >= 0.6 is 0 Å². The molecule has 0 aliphatic carbocycles. The second-order valence-electron chi connectivity index (χ2n) is 27.5. The number of fused-ring (bicyclic) bond motifs is 14. The Balaban J connectivity index is 0.000000142. The number of nitrogens with zero attached hydrogens (tertiary/aromatic N) is 4. The third kappa shape index (κ3) is 11.2. The first kappa shape index (κ1) is 62.5. The molecule has 3 heterocycles. The molecule has 5 nitrogen and oxygen atoms in total. The summed E-state index contributed by atoms with van der Waals surface area (Å²) in [6.45, 7) is 0. The molecule has 21 aromatic rings. The van der Waals surface area contributed by atoms with E-state index in [2.05, 4.69) is 419 Å². The van der Waals surface area contributed by atoms with Gasteiger partial charge in [-0.2, -0.15) is 0 Å². The first-order valence-electron chi connectivity index (χ1n) is 36.6. The largest absolute Gasteiger partial charge is 0.456 e. The molecule has 21 rings (SSSR count). The van der Waals surface area contributed by atoms with E-state index in [1.807, 2.05) is 12.1 Å². The van der Waals surface area contributed by atoms with E-state index in [4.69, 9.17) is 4.42 Å². The van der Waals surface area contributed by atoms with Gasteiger partial charge in [0.15, 0.2) is 0 Å². The molecule has 0 aliphatic heterocycles. The number of furan rings is 1. The number of hydrogen-bond acceptors (Lipinski definition) is 3. The molecule has 0 atom stereocenters. The molecule has 0 fully saturated rings. The van der Waals surface area contributed by atoms with E-state index in [0.717, 1.165) is 61.8 Å². The van der Waals surface area contributed by atoms with Gasteiger partial charge < -0.3 is 23.4 Å². The van der Waals surface area contributed by atoms with Crippen LogP contribution < -0.4 is 9.80 Å². The van der Waals surface area contributed by atoms with Crippen LogP contribution in [0.5, 0.6) is 0 Å². The minimum absolute atomic E-state index is 0.868. The van der Waals surface area contributed by atoms with Crippen molar-refractivity contribution in [2.45, 2.75) is 0 Å². The third-order valence-electron chi connectivity index (χ3n) is 21.3. The molecule has 502 valence electrons. The van der Waals surface area contributed by atoms with Gasteiger partial charge in [-0.15, -0.1) is 0 Å². The fourth-order valence-corrected chi connectivity index (χ4v) is 16.3. The first-order chi connectivity index (χ1) is 53.1. The van der Waals surface area contributed by atoms with Gasteiger partial charge in [-0.05, 0) is 193 Å². The monoisotopic (exact) mass is 1360 g/mol. The van der Waals surface area contributed by atoms with Crippen LogP contribution in [-0.4, -0.2) is 9.13 Å². The molecule has 0 saturated carbocycles. The highest BCUT2D eigenvalue weighted by Crippen LogP contribution is 2.46. The van der Waals surface area contributed by atoms with Gasteiger partial charge >= 0.3 is 0 Å². The molecule has 0 radical (unpaired) electrons. The van der Waals surface area contributed by atoms with Crippen molar-refractivity contribution in [3.63, 3.8) is 0 Å². The number of rotatable bonds is 12. The SMILES string of the molecule is c1ccc(-c2ccc(N(c3ccc(-c4ccccc4)cc3)c3ccc4c(ccc5c4c4ccccc4n5-c4ccc5ccccc5c4)c3)cc2)cc1.c1ccc(-c2ccc(N(c3ccc4c(c3)oc3ccccc34)c3ccc4ccc5c(c4c3)c3ccccc3n5-c3ccccc3-c3ccccc3)cc2)cc1. The van der Waals surface area contributed by atoms with Crippen molar-refractivity contribution < 1.29 is 4.42 Å². The summed E-state index contributed by atoms with van der Waals surface area (Å²) in [4.78, 5) is 4.72. The zero-order valence-corrected chi connectivity index (χ0v) is 58.5. The zero-order valence-electron chi connectivity index (χ0n) is 58.5. The number of para-hydroxylation sites is 4. The van der Waals surface area contributed by atoms with E-state index in [0.29, 0.717) is 0 Å². The van der Waals surface area contributed by atoms with E-state index in [9.17, 15) is 0 Å². The van der Waals surface area contributed by atoms with Gasteiger partial charge in [0, 0.05) is 83.8 Å². The van der Waals surface area contributed by atoms with Crippen molar-refractivity contribution in [2.75, 3.05) is 9.80 Å².